The van der Waals surface area contributed by atoms with Crippen LogP contribution in [0.3, 0.4) is 0 Å². The van der Waals surface area contributed by atoms with Gasteiger partial charge in [-0.3, -0.25) is 14.0 Å². The van der Waals surface area contributed by atoms with Gasteiger partial charge < -0.3 is 14.2 Å². The van der Waals surface area contributed by atoms with Crippen molar-refractivity contribution in [2.45, 2.75) is 26.1 Å². The lowest BCUT2D eigenvalue weighted by Crippen LogP contribution is -2.41. The van der Waals surface area contributed by atoms with Gasteiger partial charge in [0.15, 0.2) is 16.6 Å². The van der Waals surface area contributed by atoms with Crippen LogP contribution in [0.25, 0.3) is 4.96 Å². The summed E-state index contributed by atoms with van der Waals surface area (Å²) in [6.45, 7) is 3.22. The fraction of sp³-hybridized carbons (Fsp3) is 0.400. The summed E-state index contributed by atoms with van der Waals surface area (Å²) in [7, 11) is 1.61. The molecule has 1 amide bonds. The van der Waals surface area contributed by atoms with Gasteiger partial charge in [0.2, 0.25) is 0 Å². The predicted octanol–water partition coefficient (Wildman–Crippen LogP) is 0.711. The van der Waals surface area contributed by atoms with Gasteiger partial charge >= 0.3 is 0 Å². The number of thiazole rings is 1. The zero-order chi connectivity index (χ0) is 17.6. The molecule has 0 saturated heterocycles. The minimum atomic E-state index is -0.415. The summed E-state index contributed by atoms with van der Waals surface area (Å²) in [5.41, 5.74) is -0.102. The smallest absolute Gasteiger partial charge is 0.274 e. The quantitative estimate of drug-likeness (QED) is 0.683. The number of amides is 1. The number of carbonyl (C=O) groups excluding carboxylic acids is 1. The van der Waals surface area contributed by atoms with E-state index in [9.17, 15) is 9.59 Å². The third kappa shape index (κ3) is 2.63. The van der Waals surface area contributed by atoms with Crippen LogP contribution in [-0.2, 0) is 17.9 Å². The topological polar surface area (TPSA) is 94.6 Å². The summed E-state index contributed by atoms with van der Waals surface area (Å²) in [5, 5.41) is 10.1. The summed E-state index contributed by atoms with van der Waals surface area (Å²) in [5.74, 6) is 1.24. The Labute approximate surface area is 146 Å². The number of methoxy groups -OCH3 is 1. The summed E-state index contributed by atoms with van der Waals surface area (Å²) < 4.78 is 8.80. The SMILES string of the molecule is COCc1nnc2n1[C@@H](C)CN(C(=O)c1cc(=O)nc3sccn13)C2. The average molecular weight is 360 g/mol. The second-order valence-electron chi connectivity index (χ2n) is 5.91. The van der Waals surface area contributed by atoms with Crippen LogP contribution < -0.4 is 5.56 Å². The molecule has 0 N–H and O–H groups in total. The Bertz CT molecular complexity index is 1010. The molecule has 0 spiro atoms. The molecule has 1 atom stereocenters. The second-order valence-corrected chi connectivity index (χ2v) is 6.78. The van der Waals surface area contributed by atoms with Crippen LogP contribution in [0, 0.1) is 0 Å². The Morgan fingerprint density at radius 1 is 1.44 bits per heavy atom. The van der Waals surface area contributed by atoms with Gasteiger partial charge in [-0.1, -0.05) is 0 Å². The van der Waals surface area contributed by atoms with Gasteiger partial charge in [0.25, 0.3) is 11.5 Å². The first-order valence-electron chi connectivity index (χ1n) is 7.76. The molecule has 1 aliphatic rings. The normalized spacial score (nSPS) is 17.0. The molecule has 3 aromatic rings. The van der Waals surface area contributed by atoms with Gasteiger partial charge in [0, 0.05) is 31.3 Å². The molecule has 25 heavy (non-hydrogen) atoms. The molecule has 0 bridgehead atoms. The Balaban J connectivity index is 1.69. The van der Waals surface area contributed by atoms with E-state index in [1.165, 1.54) is 17.4 Å². The molecule has 0 fully saturated rings. The van der Waals surface area contributed by atoms with Crippen LogP contribution in [0.1, 0.15) is 35.1 Å². The number of ether oxygens (including phenoxy) is 1. The third-order valence-electron chi connectivity index (χ3n) is 4.19. The van der Waals surface area contributed by atoms with Crippen LogP contribution >= 0.6 is 11.3 Å². The first kappa shape index (κ1) is 15.9. The number of rotatable bonds is 3. The van der Waals surface area contributed by atoms with Crippen molar-refractivity contribution in [3.05, 3.63) is 45.3 Å². The van der Waals surface area contributed by atoms with Crippen molar-refractivity contribution in [1.29, 1.82) is 0 Å². The van der Waals surface area contributed by atoms with E-state index >= 15 is 0 Å². The van der Waals surface area contributed by atoms with Crippen LogP contribution in [-0.4, -0.2) is 48.6 Å². The largest absolute Gasteiger partial charge is 0.377 e. The van der Waals surface area contributed by atoms with E-state index in [1.54, 1.807) is 28.0 Å². The molecule has 9 nitrogen and oxygen atoms in total. The standard InChI is InChI=1S/C15H16N6O3S/c1-9-6-19(7-11-17-18-12(8-24-2)21(9)11)14(23)10-5-13(22)16-15-20(10)3-4-25-15/h3-5,9H,6-8H2,1-2H3/t9-/m0/s1. The monoisotopic (exact) mass is 360 g/mol. The Hall–Kier alpha value is -2.59. The summed E-state index contributed by atoms with van der Waals surface area (Å²) in [6, 6.07) is 1.30. The molecule has 0 unspecified atom stereocenters. The fourth-order valence-corrected chi connectivity index (χ4v) is 3.89. The highest BCUT2D eigenvalue weighted by Crippen LogP contribution is 2.23. The van der Waals surface area contributed by atoms with Crippen molar-refractivity contribution in [3.63, 3.8) is 0 Å². The maximum atomic E-state index is 13.0. The lowest BCUT2D eigenvalue weighted by molar-refractivity contribution is 0.0667. The molecule has 0 aromatic carbocycles. The summed E-state index contributed by atoms with van der Waals surface area (Å²) in [4.78, 5) is 30.9. The molecule has 4 heterocycles. The fourth-order valence-electron chi connectivity index (χ4n) is 3.17. The van der Waals surface area contributed by atoms with Crippen LogP contribution in [0.5, 0.6) is 0 Å². The molecular weight excluding hydrogens is 344 g/mol. The molecule has 10 heteroatoms. The summed E-state index contributed by atoms with van der Waals surface area (Å²) >= 11 is 1.32. The van der Waals surface area contributed by atoms with Crippen molar-refractivity contribution < 1.29 is 9.53 Å². The highest BCUT2D eigenvalue weighted by Gasteiger charge is 2.30. The number of aromatic nitrogens is 5. The molecular formula is C15H16N6O3S. The van der Waals surface area contributed by atoms with E-state index in [2.05, 4.69) is 15.2 Å². The highest BCUT2D eigenvalue weighted by molar-refractivity contribution is 7.15. The minimum absolute atomic E-state index is 0.0179. The van der Waals surface area contributed by atoms with Gasteiger partial charge in [-0.15, -0.1) is 21.5 Å². The minimum Gasteiger partial charge on any atom is -0.377 e. The Kier molecular flexibility index (Phi) is 3.85. The van der Waals surface area contributed by atoms with Crippen molar-refractivity contribution in [2.75, 3.05) is 13.7 Å². The van der Waals surface area contributed by atoms with Gasteiger partial charge in [-0.05, 0) is 6.92 Å². The molecule has 4 rings (SSSR count). The van der Waals surface area contributed by atoms with Gasteiger partial charge in [-0.2, -0.15) is 4.98 Å². The molecule has 0 radical (unpaired) electrons. The van der Waals surface area contributed by atoms with Crippen molar-refractivity contribution in [3.8, 4) is 0 Å². The first-order chi connectivity index (χ1) is 12.1. The number of carbonyl (C=O) groups is 1. The average Bonchev–Trinajstić information content (AvgIpc) is 3.20. The highest BCUT2D eigenvalue weighted by atomic mass is 32.1. The van der Waals surface area contributed by atoms with E-state index in [0.717, 1.165) is 5.82 Å². The van der Waals surface area contributed by atoms with E-state index in [-0.39, 0.29) is 11.9 Å². The van der Waals surface area contributed by atoms with Gasteiger partial charge in [0.1, 0.15) is 12.3 Å². The second kappa shape index (κ2) is 6.05. The summed E-state index contributed by atoms with van der Waals surface area (Å²) in [6.07, 6.45) is 1.74. The predicted molar refractivity (Wildman–Crippen MR) is 89.5 cm³/mol. The van der Waals surface area contributed by atoms with E-state index < -0.39 is 5.56 Å². The van der Waals surface area contributed by atoms with Crippen molar-refractivity contribution >= 4 is 22.2 Å². The third-order valence-corrected chi connectivity index (χ3v) is 4.95. The molecule has 3 aromatic heterocycles. The molecule has 130 valence electrons. The van der Waals surface area contributed by atoms with Crippen LogP contribution in [0.4, 0.5) is 0 Å². The molecule has 0 saturated carbocycles. The van der Waals surface area contributed by atoms with E-state index in [0.29, 0.717) is 36.2 Å². The number of nitrogens with zero attached hydrogens (tertiary/aromatic N) is 6. The lowest BCUT2D eigenvalue weighted by Gasteiger charge is -2.32. The maximum absolute atomic E-state index is 13.0. The number of hydrogen-bond donors (Lipinski definition) is 0. The van der Waals surface area contributed by atoms with Crippen molar-refractivity contribution in [1.82, 2.24) is 29.0 Å². The molecule has 0 aliphatic carbocycles. The van der Waals surface area contributed by atoms with Crippen molar-refractivity contribution in [2.24, 2.45) is 0 Å². The lowest BCUT2D eigenvalue weighted by atomic mass is 10.2. The van der Waals surface area contributed by atoms with E-state index in [4.69, 9.17) is 4.74 Å². The van der Waals surface area contributed by atoms with Gasteiger partial charge in [-0.25, -0.2) is 0 Å². The zero-order valence-electron chi connectivity index (χ0n) is 13.7. The maximum Gasteiger partial charge on any atom is 0.274 e. The van der Waals surface area contributed by atoms with Crippen LogP contribution in [0.15, 0.2) is 22.4 Å². The Morgan fingerprint density at radius 3 is 3.08 bits per heavy atom. The Morgan fingerprint density at radius 2 is 2.28 bits per heavy atom. The first-order valence-corrected chi connectivity index (χ1v) is 8.64. The van der Waals surface area contributed by atoms with Crippen LogP contribution in [0.2, 0.25) is 0 Å². The zero-order valence-corrected chi connectivity index (χ0v) is 14.6. The van der Waals surface area contributed by atoms with E-state index in [1.807, 2.05) is 11.5 Å². The number of hydrogen-bond acceptors (Lipinski definition) is 7. The molecule has 1 aliphatic heterocycles. The number of fused-ring (bicyclic) bond motifs is 2. The van der Waals surface area contributed by atoms with Gasteiger partial charge in [0.05, 0.1) is 12.6 Å².